The smallest absolute Gasteiger partial charge is 0.0710 e. The van der Waals surface area contributed by atoms with Gasteiger partial charge >= 0.3 is 0 Å². The molecule has 0 saturated carbocycles. The van der Waals surface area contributed by atoms with Gasteiger partial charge in [0.05, 0.1) is 17.8 Å². The Morgan fingerprint density at radius 3 is 2.87 bits per heavy atom. The summed E-state index contributed by atoms with van der Waals surface area (Å²) in [5.74, 6) is 0.606. The fourth-order valence-corrected chi connectivity index (χ4v) is 2.45. The Bertz CT molecular complexity index is 372. The summed E-state index contributed by atoms with van der Waals surface area (Å²) >= 11 is 0. The zero-order chi connectivity index (χ0) is 11.2. The molecule has 1 aliphatic carbocycles. The standard InChI is InChI=1S/C11H19N3O/c1-6(2)10-9-8(13-14-10)4-7(3)11(9,12)5-15/h6-7,15H,4-5,12H2,1-3H3,(H,13,14). The van der Waals surface area contributed by atoms with E-state index in [0.29, 0.717) is 5.92 Å². The second kappa shape index (κ2) is 3.32. The van der Waals surface area contributed by atoms with Crippen LogP contribution in [0.25, 0.3) is 0 Å². The molecule has 2 unspecified atom stereocenters. The number of aliphatic hydroxyl groups excluding tert-OH is 1. The minimum atomic E-state index is -0.609. The average molecular weight is 209 g/mol. The highest BCUT2D eigenvalue weighted by molar-refractivity contribution is 5.40. The maximum atomic E-state index is 9.50. The minimum absolute atomic E-state index is 0.0135. The first-order valence-corrected chi connectivity index (χ1v) is 5.48. The molecule has 0 bridgehead atoms. The molecule has 1 aromatic heterocycles. The fourth-order valence-electron chi connectivity index (χ4n) is 2.45. The van der Waals surface area contributed by atoms with Crippen molar-refractivity contribution in [2.24, 2.45) is 11.7 Å². The van der Waals surface area contributed by atoms with E-state index in [4.69, 9.17) is 5.73 Å². The Kier molecular flexibility index (Phi) is 2.35. The first-order chi connectivity index (χ1) is 7.00. The third-order valence-corrected chi connectivity index (χ3v) is 3.53. The molecule has 0 spiro atoms. The van der Waals surface area contributed by atoms with E-state index in [1.54, 1.807) is 0 Å². The van der Waals surface area contributed by atoms with Gasteiger partial charge in [-0.1, -0.05) is 20.8 Å². The van der Waals surface area contributed by atoms with Crippen LogP contribution in [0.15, 0.2) is 0 Å². The minimum Gasteiger partial charge on any atom is -0.394 e. The van der Waals surface area contributed by atoms with E-state index in [1.807, 2.05) is 0 Å². The van der Waals surface area contributed by atoms with Gasteiger partial charge in [0.1, 0.15) is 0 Å². The van der Waals surface area contributed by atoms with Gasteiger partial charge in [-0.05, 0) is 18.3 Å². The zero-order valence-electron chi connectivity index (χ0n) is 9.54. The predicted molar refractivity (Wildman–Crippen MR) is 58.5 cm³/mol. The summed E-state index contributed by atoms with van der Waals surface area (Å²) < 4.78 is 0. The highest BCUT2D eigenvalue weighted by atomic mass is 16.3. The summed E-state index contributed by atoms with van der Waals surface area (Å²) in [6, 6.07) is 0. The van der Waals surface area contributed by atoms with Gasteiger partial charge in [0.15, 0.2) is 0 Å². The molecule has 2 atom stereocenters. The molecule has 0 aromatic carbocycles. The summed E-state index contributed by atoms with van der Waals surface area (Å²) in [5.41, 5.74) is 8.83. The summed E-state index contributed by atoms with van der Waals surface area (Å²) in [6.07, 6.45) is 0.881. The molecule has 0 aliphatic heterocycles. The van der Waals surface area contributed by atoms with E-state index in [1.165, 1.54) is 0 Å². The summed E-state index contributed by atoms with van der Waals surface area (Å²) in [5, 5.41) is 16.8. The van der Waals surface area contributed by atoms with Crippen molar-refractivity contribution in [2.45, 2.75) is 38.6 Å². The number of nitrogens with one attached hydrogen (secondary N) is 1. The van der Waals surface area contributed by atoms with Gasteiger partial charge < -0.3 is 10.8 Å². The Hall–Kier alpha value is -0.870. The van der Waals surface area contributed by atoms with Crippen LogP contribution in [0.4, 0.5) is 0 Å². The van der Waals surface area contributed by atoms with E-state index in [2.05, 4.69) is 31.0 Å². The van der Waals surface area contributed by atoms with Crippen LogP contribution in [0.3, 0.4) is 0 Å². The van der Waals surface area contributed by atoms with Crippen molar-refractivity contribution in [3.63, 3.8) is 0 Å². The van der Waals surface area contributed by atoms with Crippen molar-refractivity contribution < 1.29 is 5.11 Å². The van der Waals surface area contributed by atoms with Crippen LogP contribution in [0.5, 0.6) is 0 Å². The number of fused-ring (bicyclic) bond motifs is 1. The first-order valence-electron chi connectivity index (χ1n) is 5.48. The van der Waals surface area contributed by atoms with Crippen LogP contribution in [-0.4, -0.2) is 21.9 Å². The summed E-state index contributed by atoms with van der Waals surface area (Å²) in [6.45, 7) is 6.25. The molecule has 1 aliphatic rings. The molecule has 1 heterocycles. The SMILES string of the molecule is CC(C)c1n[nH]c2c1C(N)(CO)C(C)C2. The lowest BCUT2D eigenvalue weighted by atomic mass is 9.84. The quantitative estimate of drug-likeness (QED) is 0.676. The first kappa shape index (κ1) is 10.6. The zero-order valence-corrected chi connectivity index (χ0v) is 9.54. The maximum Gasteiger partial charge on any atom is 0.0710 e. The van der Waals surface area contributed by atoms with E-state index in [0.717, 1.165) is 23.4 Å². The van der Waals surface area contributed by atoms with E-state index >= 15 is 0 Å². The molecule has 4 nitrogen and oxygen atoms in total. The summed E-state index contributed by atoms with van der Waals surface area (Å²) in [4.78, 5) is 0. The van der Waals surface area contributed by atoms with Crippen molar-refractivity contribution in [3.05, 3.63) is 17.0 Å². The molecule has 1 aromatic rings. The molecule has 0 saturated heterocycles. The van der Waals surface area contributed by atoms with Gasteiger partial charge in [0.2, 0.25) is 0 Å². The summed E-state index contributed by atoms with van der Waals surface area (Å²) in [7, 11) is 0. The molecular formula is C11H19N3O. The molecule has 15 heavy (non-hydrogen) atoms. The highest BCUT2D eigenvalue weighted by Crippen LogP contribution is 2.41. The molecule has 84 valence electrons. The van der Waals surface area contributed by atoms with Gasteiger partial charge in [-0.2, -0.15) is 5.10 Å². The normalized spacial score (nSPS) is 29.9. The van der Waals surface area contributed by atoms with E-state index in [-0.39, 0.29) is 12.5 Å². The van der Waals surface area contributed by atoms with E-state index in [9.17, 15) is 5.11 Å². The average Bonchev–Trinajstić information content (AvgIpc) is 2.68. The Labute approximate surface area is 89.9 Å². The molecular weight excluding hydrogens is 190 g/mol. The van der Waals surface area contributed by atoms with Gasteiger partial charge in [-0.25, -0.2) is 0 Å². The monoisotopic (exact) mass is 209 g/mol. The molecule has 4 heteroatoms. The fraction of sp³-hybridized carbons (Fsp3) is 0.727. The third kappa shape index (κ3) is 1.32. The number of aliphatic hydroxyl groups is 1. The van der Waals surface area contributed by atoms with Crippen molar-refractivity contribution >= 4 is 0 Å². The topological polar surface area (TPSA) is 74.9 Å². The van der Waals surface area contributed by atoms with Crippen molar-refractivity contribution in [2.75, 3.05) is 6.61 Å². The lowest BCUT2D eigenvalue weighted by Crippen LogP contribution is -2.44. The van der Waals surface area contributed by atoms with Crippen LogP contribution in [-0.2, 0) is 12.0 Å². The molecule has 0 amide bonds. The number of rotatable bonds is 2. The van der Waals surface area contributed by atoms with Crippen LogP contribution >= 0.6 is 0 Å². The Balaban J connectivity index is 2.54. The third-order valence-electron chi connectivity index (χ3n) is 3.53. The van der Waals surface area contributed by atoms with Gasteiger partial charge in [-0.15, -0.1) is 0 Å². The lowest BCUT2D eigenvalue weighted by molar-refractivity contribution is 0.158. The van der Waals surface area contributed by atoms with Crippen molar-refractivity contribution in [3.8, 4) is 0 Å². The van der Waals surface area contributed by atoms with Crippen LogP contribution in [0.1, 0.15) is 43.6 Å². The number of hydrogen-bond acceptors (Lipinski definition) is 3. The van der Waals surface area contributed by atoms with Crippen LogP contribution in [0.2, 0.25) is 0 Å². The second-order valence-corrected chi connectivity index (χ2v) is 4.92. The van der Waals surface area contributed by atoms with Crippen LogP contribution < -0.4 is 5.73 Å². The van der Waals surface area contributed by atoms with Gasteiger partial charge in [0.25, 0.3) is 0 Å². The number of aromatic amines is 1. The largest absolute Gasteiger partial charge is 0.394 e. The van der Waals surface area contributed by atoms with E-state index < -0.39 is 5.54 Å². The molecule has 4 N–H and O–H groups in total. The highest BCUT2D eigenvalue weighted by Gasteiger charge is 2.44. The Morgan fingerprint density at radius 2 is 2.33 bits per heavy atom. The number of nitrogens with zero attached hydrogens (tertiary/aromatic N) is 1. The van der Waals surface area contributed by atoms with Crippen molar-refractivity contribution in [1.82, 2.24) is 10.2 Å². The second-order valence-electron chi connectivity index (χ2n) is 4.92. The van der Waals surface area contributed by atoms with Crippen LogP contribution in [0, 0.1) is 5.92 Å². The number of nitrogens with two attached hydrogens (primary N) is 1. The predicted octanol–water partition coefficient (Wildman–Crippen LogP) is 0.872. The number of hydrogen-bond donors (Lipinski definition) is 3. The molecule has 2 rings (SSSR count). The van der Waals surface area contributed by atoms with Gasteiger partial charge in [-0.3, -0.25) is 5.10 Å². The number of H-pyrrole nitrogens is 1. The molecule has 0 radical (unpaired) electrons. The Morgan fingerprint density at radius 1 is 1.67 bits per heavy atom. The molecule has 0 fully saturated rings. The lowest BCUT2D eigenvalue weighted by Gasteiger charge is -2.28. The van der Waals surface area contributed by atoms with Gasteiger partial charge in [0, 0.05) is 11.3 Å². The number of aromatic nitrogens is 2. The maximum absolute atomic E-state index is 9.50. The van der Waals surface area contributed by atoms with Crippen molar-refractivity contribution in [1.29, 1.82) is 0 Å².